The van der Waals surface area contributed by atoms with Crippen LogP contribution in [0.5, 0.6) is 0 Å². The number of halogens is 1. The van der Waals surface area contributed by atoms with Crippen LogP contribution in [0.4, 0.5) is 4.39 Å². The number of hydrogen-bond donors (Lipinski definition) is 0. The van der Waals surface area contributed by atoms with Gasteiger partial charge in [-0.15, -0.1) is 42.0 Å². The summed E-state index contributed by atoms with van der Waals surface area (Å²) >= 11 is 0. The molecule has 3 aromatic heterocycles. The molecule has 3 nitrogen and oxygen atoms in total. The monoisotopic (exact) mass is 855 g/mol. The summed E-state index contributed by atoms with van der Waals surface area (Å²) in [6.45, 7) is 15.5. The SMILES string of the molecule is Cc1cc[c-]c(-c2cc(CC(C)(C)C)c([Si](C)(C)C)cn2)c1F.[Ir].[c-]1cc2oc3ccccc3c2cc1-c1cc(Cc2ccccc2)ccn1. The van der Waals surface area contributed by atoms with Crippen molar-refractivity contribution in [2.45, 2.75) is 60.2 Å². The van der Waals surface area contributed by atoms with E-state index in [1.807, 2.05) is 42.7 Å². The van der Waals surface area contributed by atoms with Crippen LogP contribution in [-0.2, 0) is 32.9 Å². The van der Waals surface area contributed by atoms with Gasteiger partial charge in [-0.3, -0.25) is 4.39 Å². The second-order valence-corrected chi connectivity index (χ2v) is 20.0. The molecule has 0 aliphatic rings. The molecule has 0 fully saturated rings. The molecular formula is C44H43FIrN2OSi-2. The van der Waals surface area contributed by atoms with E-state index in [0.29, 0.717) is 16.8 Å². The van der Waals surface area contributed by atoms with Gasteiger partial charge in [-0.05, 0) is 58.1 Å². The van der Waals surface area contributed by atoms with E-state index in [2.05, 4.69) is 117 Å². The summed E-state index contributed by atoms with van der Waals surface area (Å²) in [4.78, 5) is 9.13. The quantitative estimate of drug-likeness (QED) is 0.124. The summed E-state index contributed by atoms with van der Waals surface area (Å²) in [5.41, 5.74) is 9.50. The maximum Gasteiger partial charge on any atom is 0.120 e. The van der Waals surface area contributed by atoms with Crippen LogP contribution in [0.25, 0.3) is 44.5 Å². The van der Waals surface area contributed by atoms with E-state index < -0.39 is 8.07 Å². The molecule has 7 rings (SSSR count). The van der Waals surface area contributed by atoms with Crippen LogP contribution in [0.1, 0.15) is 43.0 Å². The minimum Gasteiger partial charge on any atom is -0.500 e. The van der Waals surface area contributed by atoms with Crippen molar-refractivity contribution in [1.29, 1.82) is 0 Å². The molecule has 3 heterocycles. The molecule has 0 aliphatic heterocycles. The topological polar surface area (TPSA) is 38.9 Å². The zero-order chi connectivity index (χ0) is 34.8. The van der Waals surface area contributed by atoms with E-state index in [0.717, 1.165) is 46.0 Å². The fraction of sp³-hybridized carbons (Fsp3) is 0.227. The van der Waals surface area contributed by atoms with Crippen LogP contribution < -0.4 is 5.19 Å². The van der Waals surface area contributed by atoms with Crippen molar-refractivity contribution in [3.63, 3.8) is 0 Å². The van der Waals surface area contributed by atoms with Gasteiger partial charge in [0, 0.05) is 43.7 Å². The normalized spacial score (nSPS) is 11.6. The Hall–Kier alpha value is -4.22. The fourth-order valence-electron chi connectivity index (χ4n) is 6.18. The van der Waals surface area contributed by atoms with Crippen molar-refractivity contribution in [2.75, 3.05) is 0 Å². The zero-order valence-electron chi connectivity index (χ0n) is 29.8. The summed E-state index contributed by atoms with van der Waals surface area (Å²) in [5, 5.41) is 3.59. The average molecular weight is 855 g/mol. The number of hydrogen-bond acceptors (Lipinski definition) is 3. The number of pyridine rings is 2. The van der Waals surface area contributed by atoms with Gasteiger partial charge in [-0.2, -0.15) is 0 Å². The maximum atomic E-state index is 14.4. The molecule has 0 saturated carbocycles. The van der Waals surface area contributed by atoms with Crippen molar-refractivity contribution >= 4 is 35.2 Å². The van der Waals surface area contributed by atoms with Gasteiger partial charge in [0.25, 0.3) is 0 Å². The number of rotatable bonds is 6. The second kappa shape index (κ2) is 15.3. The molecule has 0 bridgehead atoms. The van der Waals surface area contributed by atoms with Gasteiger partial charge in [-0.1, -0.05) is 130 Å². The minimum atomic E-state index is -1.49. The Morgan fingerprint density at radius 2 is 1.52 bits per heavy atom. The molecule has 257 valence electrons. The molecule has 1 radical (unpaired) electrons. The van der Waals surface area contributed by atoms with Crippen LogP contribution in [0.3, 0.4) is 0 Å². The van der Waals surface area contributed by atoms with Crippen molar-refractivity contribution in [3.8, 4) is 22.5 Å². The molecule has 0 aliphatic carbocycles. The largest absolute Gasteiger partial charge is 0.500 e. The Kier molecular flexibility index (Phi) is 11.4. The van der Waals surface area contributed by atoms with Crippen LogP contribution in [0.15, 0.2) is 114 Å². The Morgan fingerprint density at radius 1 is 0.780 bits per heavy atom. The summed E-state index contributed by atoms with van der Waals surface area (Å²) in [6.07, 6.45) is 5.71. The Morgan fingerprint density at radius 3 is 2.26 bits per heavy atom. The Labute approximate surface area is 310 Å². The van der Waals surface area contributed by atoms with Gasteiger partial charge < -0.3 is 14.4 Å². The molecule has 0 amide bonds. The zero-order valence-corrected chi connectivity index (χ0v) is 33.2. The molecule has 4 aromatic carbocycles. The van der Waals surface area contributed by atoms with E-state index in [4.69, 9.17) is 4.42 Å². The van der Waals surface area contributed by atoms with Crippen LogP contribution >= 0.6 is 0 Å². The van der Waals surface area contributed by atoms with Gasteiger partial charge in [0.2, 0.25) is 0 Å². The number of benzene rings is 4. The molecule has 0 atom stereocenters. The number of furan rings is 1. The first kappa shape index (κ1) is 37.0. The predicted molar refractivity (Wildman–Crippen MR) is 204 cm³/mol. The van der Waals surface area contributed by atoms with E-state index in [-0.39, 0.29) is 31.3 Å². The molecule has 50 heavy (non-hydrogen) atoms. The van der Waals surface area contributed by atoms with Crippen LogP contribution in [0.2, 0.25) is 19.6 Å². The third kappa shape index (κ3) is 8.73. The van der Waals surface area contributed by atoms with E-state index >= 15 is 0 Å². The van der Waals surface area contributed by atoms with Crippen molar-refractivity contribution < 1.29 is 28.9 Å². The third-order valence-electron chi connectivity index (χ3n) is 8.56. The molecule has 0 unspecified atom stereocenters. The standard InChI is InChI=1S/C24H16NO.C20H27FNSi.Ir/c1-2-6-17(7-3-1)14-18-12-13-25-22(15-18)19-10-11-24-21(16-19)20-8-4-5-9-23(20)26-24;1-14-9-8-10-16(19(14)21)17-11-15(12-20(2,3)4)18(13-22-17)23(5,6)7;/h1-9,11-13,15-16H,14H2;8-9,11,13H,12H2,1-7H3;/q2*-1;. The van der Waals surface area contributed by atoms with Crippen molar-refractivity contribution in [3.05, 3.63) is 150 Å². The van der Waals surface area contributed by atoms with Gasteiger partial charge in [0.15, 0.2) is 0 Å². The smallest absolute Gasteiger partial charge is 0.120 e. The first-order valence-corrected chi connectivity index (χ1v) is 20.3. The number of aromatic nitrogens is 2. The molecule has 0 N–H and O–H groups in total. The second-order valence-electron chi connectivity index (χ2n) is 15.0. The summed E-state index contributed by atoms with van der Waals surface area (Å²) < 4.78 is 20.3. The minimum absolute atomic E-state index is 0. The Balaban J connectivity index is 0.000000192. The van der Waals surface area contributed by atoms with Gasteiger partial charge >= 0.3 is 0 Å². The van der Waals surface area contributed by atoms with Crippen molar-refractivity contribution in [1.82, 2.24) is 9.97 Å². The summed E-state index contributed by atoms with van der Waals surface area (Å²) in [7, 11) is -1.49. The molecule has 6 heteroatoms. The maximum absolute atomic E-state index is 14.4. The van der Waals surface area contributed by atoms with Gasteiger partial charge in [0.05, 0.1) is 13.7 Å². The molecule has 0 saturated heterocycles. The number of fused-ring (bicyclic) bond motifs is 3. The van der Waals surface area contributed by atoms with Gasteiger partial charge in [-0.25, -0.2) is 0 Å². The van der Waals surface area contributed by atoms with Crippen LogP contribution in [0, 0.1) is 30.3 Å². The molecular weight excluding hydrogens is 812 g/mol. The van der Waals surface area contributed by atoms with Gasteiger partial charge in [0.1, 0.15) is 5.58 Å². The molecule has 7 aromatic rings. The first-order chi connectivity index (χ1) is 23.4. The number of aryl methyl sites for hydroxylation is 1. The average Bonchev–Trinajstić information content (AvgIpc) is 3.44. The number of para-hydroxylation sites is 1. The van der Waals surface area contributed by atoms with E-state index in [1.54, 1.807) is 19.1 Å². The first-order valence-electron chi connectivity index (χ1n) is 16.8. The summed E-state index contributed by atoms with van der Waals surface area (Å²) in [6, 6.07) is 38.8. The van der Waals surface area contributed by atoms with E-state index in [9.17, 15) is 4.39 Å². The third-order valence-corrected chi connectivity index (χ3v) is 10.6. The Bertz CT molecular complexity index is 2230. The summed E-state index contributed by atoms with van der Waals surface area (Å²) in [5.74, 6) is -0.220. The van der Waals surface area contributed by atoms with Crippen LogP contribution in [-0.4, -0.2) is 18.0 Å². The predicted octanol–water partition coefficient (Wildman–Crippen LogP) is 11.2. The van der Waals surface area contributed by atoms with E-state index in [1.165, 1.54) is 21.9 Å². The molecule has 0 spiro atoms. The number of nitrogens with zero attached hydrogens (tertiary/aromatic N) is 2. The fourth-order valence-corrected chi connectivity index (χ4v) is 7.75. The van der Waals surface area contributed by atoms with Crippen molar-refractivity contribution in [2.24, 2.45) is 5.41 Å².